The van der Waals surface area contributed by atoms with Crippen LogP contribution in [0.3, 0.4) is 0 Å². The Bertz CT molecular complexity index is 258. The zero-order valence-corrected chi connectivity index (χ0v) is 5.37. The summed E-state index contributed by atoms with van der Waals surface area (Å²) in [5.41, 5.74) is 1.48. The van der Waals surface area contributed by atoms with Crippen molar-refractivity contribution in [1.29, 1.82) is 0 Å². The van der Waals surface area contributed by atoms with Crippen LogP contribution in [0.25, 0.3) is 0 Å². The molecule has 1 rings (SSSR count). The summed E-state index contributed by atoms with van der Waals surface area (Å²) in [5.74, 6) is 0. The Kier molecular flexibility index (Phi) is 1.95. The largest absolute Gasteiger partial charge is 0.298 e. The van der Waals surface area contributed by atoms with Crippen molar-refractivity contribution in [3.05, 3.63) is 23.8 Å². The van der Waals surface area contributed by atoms with Crippen LogP contribution in [0.2, 0.25) is 0 Å². The third-order valence-corrected chi connectivity index (χ3v) is 1.24. The molecule has 0 amide bonds. The molecule has 0 unspecified atom stereocenters. The summed E-state index contributed by atoms with van der Waals surface area (Å²) in [6.45, 7) is 0. The molecular weight excluding hydrogens is 122 g/mol. The Balaban J connectivity index is 3.19. The molecule has 0 saturated carbocycles. The molecule has 0 aliphatic carbocycles. The van der Waals surface area contributed by atoms with E-state index in [0.29, 0.717) is 22.8 Å². The van der Waals surface area contributed by atoms with Crippen molar-refractivity contribution in [3.63, 3.8) is 0 Å². The predicted molar refractivity (Wildman–Crippen MR) is 42.6 cm³/mol. The van der Waals surface area contributed by atoms with Crippen LogP contribution in [-0.4, -0.2) is 22.0 Å². The van der Waals surface area contributed by atoms with E-state index < -0.39 is 0 Å². The van der Waals surface area contributed by atoms with E-state index in [1.165, 1.54) is 0 Å². The van der Waals surface area contributed by atoms with E-state index in [1.807, 2.05) is 0 Å². The number of benzene rings is 1. The summed E-state index contributed by atoms with van der Waals surface area (Å²) in [7, 11) is 10.8. The SMILES string of the molecule is [B]c1ccc(C=O)c([B])c1. The van der Waals surface area contributed by atoms with Gasteiger partial charge >= 0.3 is 0 Å². The highest BCUT2D eigenvalue weighted by molar-refractivity contribution is 6.39. The van der Waals surface area contributed by atoms with Crippen molar-refractivity contribution in [1.82, 2.24) is 0 Å². The number of rotatable bonds is 1. The van der Waals surface area contributed by atoms with Crippen molar-refractivity contribution in [2.45, 2.75) is 0 Å². The fourth-order valence-corrected chi connectivity index (χ4v) is 0.701. The second kappa shape index (κ2) is 2.74. The standard InChI is InChI=1S/C7H4B2O/c8-6-2-1-5(4-10)7(9)3-6/h1-4H. The molecule has 0 aromatic heterocycles. The third kappa shape index (κ3) is 1.29. The number of hydrogen-bond donors (Lipinski definition) is 0. The minimum Gasteiger partial charge on any atom is -0.298 e. The highest BCUT2D eigenvalue weighted by atomic mass is 16.1. The van der Waals surface area contributed by atoms with Gasteiger partial charge in [-0.15, -0.1) is 0 Å². The van der Waals surface area contributed by atoms with Gasteiger partial charge in [0, 0.05) is 5.56 Å². The molecule has 1 nitrogen and oxygen atoms in total. The van der Waals surface area contributed by atoms with Gasteiger partial charge in [0.15, 0.2) is 0 Å². The topological polar surface area (TPSA) is 17.1 Å². The summed E-state index contributed by atoms with van der Waals surface area (Å²) in [4.78, 5) is 10.2. The van der Waals surface area contributed by atoms with Gasteiger partial charge in [-0.3, -0.25) is 4.79 Å². The normalized spacial score (nSPS) is 9.20. The highest BCUT2D eigenvalue weighted by Gasteiger charge is 1.93. The van der Waals surface area contributed by atoms with Crippen LogP contribution in [0.5, 0.6) is 0 Å². The zero-order chi connectivity index (χ0) is 7.56. The second-order valence-corrected chi connectivity index (χ2v) is 2.01. The Morgan fingerprint density at radius 1 is 1.30 bits per heavy atom. The molecule has 0 atom stereocenters. The summed E-state index contributed by atoms with van der Waals surface area (Å²) >= 11 is 0. The molecule has 3 heteroatoms. The van der Waals surface area contributed by atoms with E-state index in [9.17, 15) is 4.79 Å². The van der Waals surface area contributed by atoms with Gasteiger partial charge in [0.2, 0.25) is 0 Å². The van der Waals surface area contributed by atoms with E-state index in [2.05, 4.69) is 0 Å². The van der Waals surface area contributed by atoms with Crippen molar-refractivity contribution in [3.8, 4) is 0 Å². The first-order chi connectivity index (χ1) is 4.74. The first-order valence-electron chi connectivity index (χ1n) is 2.84. The van der Waals surface area contributed by atoms with Crippen molar-refractivity contribution < 1.29 is 4.79 Å². The molecule has 10 heavy (non-hydrogen) atoms. The Labute approximate surface area is 62.3 Å². The lowest BCUT2D eigenvalue weighted by Crippen LogP contribution is -2.16. The molecule has 44 valence electrons. The minimum atomic E-state index is 0.426. The smallest absolute Gasteiger partial charge is 0.149 e. The second-order valence-electron chi connectivity index (χ2n) is 2.01. The van der Waals surface area contributed by atoms with Gasteiger partial charge < -0.3 is 0 Å². The molecule has 0 aliphatic rings. The van der Waals surface area contributed by atoms with Crippen LogP contribution in [0.1, 0.15) is 10.4 Å². The predicted octanol–water partition coefficient (Wildman–Crippen LogP) is -0.913. The van der Waals surface area contributed by atoms with Gasteiger partial charge in [-0.05, 0) is 0 Å². The van der Waals surface area contributed by atoms with Gasteiger partial charge in [-0.1, -0.05) is 29.1 Å². The first kappa shape index (κ1) is 7.13. The van der Waals surface area contributed by atoms with E-state index in [-0.39, 0.29) is 0 Å². The quantitative estimate of drug-likeness (QED) is 0.351. The van der Waals surface area contributed by atoms with Gasteiger partial charge in [-0.2, -0.15) is 0 Å². The van der Waals surface area contributed by atoms with E-state index >= 15 is 0 Å². The fraction of sp³-hybridized carbons (Fsp3) is 0. The number of aldehydes is 1. The molecule has 0 N–H and O–H groups in total. The molecular formula is C7H4B2O. The molecule has 0 heterocycles. The summed E-state index contributed by atoms with van der Waals surface area (Å²) < 4.78 is 0. The molecule has 1 aromatic rings. The summed E-state index contributed by atoms with van der Waals surface area (Å²) in [6.07, 6.45) is 0.703. The maximum absolute atomic E-state index is 10.2. The maximum atomic E-state index is 10.2. The van der Waals surface area contributed by atoms with Crippen LogP contribution in [0.4, 0.5) is 0 Å². The van der Waals surface area contributed by atoms with Gasteiger partial charge in [0.1, 0.15) is 22.0 Å². The lowest BCUT2D eigenvalue weighted by atomic mass is 9.84. The number of carbonyl (C=O) groups excluding carboxylic acids is 1. The lowest BCUT2D eigenvalue weighted by molar-refractivity contribution is 0.112. The monoisotopic (exact) mass is 126 g/mol. The van der Waals surface area contributed by atoms with Gasteiger partial charge in [0.25, 0.3) is 0 Å². The molecule has 4 radical (unpaired) electrons. The Morgan fingerprint density at radius 3 is 2.50 bits per heavy atom. The first-order valence-corrected chi connectivity index (χ1v) is 2.84. The van der Waals surface area contributed by atoms with Gasteiger partial charge in [-0.25, -0.2) is 0 Å². The zero-order valence-electron chi connectivity index (χ0n) is 5.37. The van der Waals surface area contributed by atoms with E-state index in [4.69, 9.17) is 15.7 Å². The molecule has 0 saturated heterocycles. The Hall–Kier alpha value is -0.980. The number of carbonyl (C=O) groups is 1. The minimum absolute atomic E-state index is 0.426. The summed E-state index contributed by atoms with van der Waals surface area (Å²) in [5, 5.41) is 0. The average Bonchev–Trinajstić information content (AvgIpc) is 1.88. The molecule has 0 bridgehead atoms. The highest BCUT2D eigenvalue weighted by Crippen LogP contribution is 1.85. The van der Waals surface area contributed by atoms with Crippen molar-refractivity contribution in [2.75, 3.05) is 0 Å². The maximum Gasteiger partial charge on any atom is 0.149 e. The van der Waals surface area contributed by atoms with E-state index in [1.54, 1.807) is 18.2 Å². The number of hydrogen-bond acceptors (Lipinski definition) is 1. The van der Waals surface area contributed by atoms with Crippen LogP contribution < -0.4 is 10.9 Å². The van der Waals surface area contributed by atoms with E-state index in [0.717, 1.165) is 0 Å². The molecule has 0 aliphatic heterocycles. The Morgan fingerprint density at radius 2 is 2.00 bits per heavy atom. The third-order valence-electron chi connectivity index (χ3n) is 1.24. The van der Waals surface area contributed by atoms with Gasteiger partial charge in [0.05, 0.1) is 0 Å². The van der Waals surface area contributed by atoms with Crippen LogP contribution in [-0.2, 0) is 0 Å². The summed E-state index contributed by atoms with van der Waals surface area (Å²) in [6, 6.07) is 4.79. The van der Waals surface area contributed by atoms with Crippen LogP contribution >= 0.6 is 0 Å². The molecule has 0 spiro atoms. The van der Waals surface area contributed by atoms with Crippen molar-refractivity contribution >= 4 is 32.9 Å². The fourth-order valence-electron chi connectivity index (χ4n) is 0.701. The van der Waals surface area contributed by atoms with Crippen LogP contribution in [0.15, 0.2) is 18.2 Å². The lowest BCUT2D eigenvalue weighted by Gasteiger charge is -1.98. The molecule has 1 aromatic carbocycles. The van der Waals surface area contributed by atoms with Crippen molar-refractivity contribution in [2.24, 2.45) is 0 Å². The van der Waals surface area contributed by atoms with Crippen LogP contribution in [0, 0.1) is 0 Å². The molecule has 0 fully saturated rings. The average molecular weight is 126 g/mol.